The molecule has 0 saturated carbocycles. The number of anilines is 1. The van der Waals surface area contributed by atoms with E-state index in [9.17, 15) is 4.39 Å². The third kappa shape index (κ3) is 3.55. The fourth-order valence-electron chi connectivity index (χ4n) is 2.11. The smallest absolute Gasteiger partial charge is 0.146 e. The Bertz CT molecular complexity index is 511. The van der Waals surface area contributed by atoms with Crippen molar-refractivity contribution >= 4 is 17.0 Å². The first-order chi connectivity index (χ1) is 9.22. The van der Waals surface area contributed by atoms with Gasteiger partial charge in [0.1, 0.15) is 5.82 Å². The molecule has 1 aromatic heterocycles. The van der Waals surface area contributed by atoms with Crippen molar-refractivity contribution in [3.05, 3.63) is 52.0 Å². The van der Waals surface area contributed by atoms with Gasteiger partial charge in [0.2, 0.25) is 0 Å². The Morgan fingerprint density at radius 3 is 2.79 bits per heavy atom. The zero-order chi connectivity index (χ0) is 13.7. The average Bonchev–Trinajstić information content (AvgIpc) is 2.89. The molecule has 0 radical (unpaired) electrons. The number of hydrogen-bond donors (Lipinski definition) is 1. The Morgan fingerprint density at radius 2 is 2.11 bits per heavy atom. The maximum absolute atomic E-state index is 14.1. The number of halogens is 1. The second-order valence-corrected chi connectivity index (χ2v) is 5.50. The van der Waals surface area contributed by atoms with E-state index in [1.165, 1.54) is 10.9 Å². The van der Waals surface area contributed by atoms with Crippen LogP contribution in [-0.2, 0) is 13.1 Å². The highest BCUT2D eigenvalue weighted by Crippen LogP contribution is 2.25. The van der Waals surface area contributed by atoms with Crippen LogP contribution < -0.4 is 10.2 Å². The molecule has 102 valence electrons. The number of nitrogens with one attached hydrogen (secondary N) is 1. The van der Waals surface area contributed by atoms with Gasteiger partial charge in [-0.1, -0.05) is 25.1 Å². The van der Waals surface area contributed by atoms with E-state index in [0.29, 0.717) is 12.2 Å². The highest BCUT2D eigenvalue weighted by molar-refractivity contribution is 7.09. The molecule has 0 aliphatic heterocycles. The predicted molar refractivity (Wildman–Crippen MR) is 80.2 cm³/mol. The third-order valence-electron chi connectivity index (χ3n) is 2.99. The van der Waals surface area contributed by atoms with Gasteiger partial charge in [-0.05, 0) is 29.6 Å². The molecule has 0 aliphatic rings. The number of para-hydroxylation sites is 1. The van der Waals surface area contributed by atoms with Crippen molar-refractivity contribution in [2.24, 2.45) is 0 Å². The van der Waals surface area contributed by atoms with Crippen molar-refractivity contribution in [2.45, 2.75) is 20.0 Å². The Hall–Kier alpha value is -1.39. The van der Waals surface area contributed by atoms with Crippen LogP contribution in [0.3, 0.4) is 0 Å². The van der Waals surface area contributed by atoms with E-state index in [4.69, 9.17) is 0 Å². The molecule has 0 spiro atoms. The molecule has 1 N–H and O–H groups in total. The summed E-state index contributed by atoms with van der Waals surface area (Å²) >= 11 is 1.70. The lowest BCUT2D eigenvalue weighted by atomic mass is 10.1. The Kier molecular flexibility index (Phi) is 4.93. The van der Waals surface area contributed by atoms with Crippen molar-refractivity contribution in [3.8, 4) is 0 Å². The van der Waals surface area contributed by atoms with Crippen molar-refractivity contribution < 1.29 is 4.39 Å². The van der Waals surface area contributed by atoms with Crippen LogP contribution in [-0.4, -0.2) is 13.6 Å². The van der Waals surface area contributed by atoms with Crippen molar-refractivity contribution in [2.75, 3.05) is 18.5 Å². The summed E-state index contributed by atoms with van der Waals surface area (Å²) in [5, 5.41) is 5.30. The molecule has 1 aromatic carbocycles. The summed E-state index contributed by atoms with van der Waals surface area (Å²) in [5.74, 6) is -0.158. The number of rotatable bonds is 6. The maximum Gasteiger partial charge on any atom is 0.146 e. The van der Waals surface area contributed by atoms with Crippen molar-refractivity contribution in [1.82, 2.24) is 5.32 Å². The van der Waals surface area contributed by atoms with Gasteiger partial charge in [0.25, 0.3) is 0 Å². The largest absolute Gasteiger partial charge is 0.367 e. The molecule has 2 aromatic rings. The minimum Gasteiger partial charge on any atom is -0.367 e. The van der Waals surface area contributed by atoms with E-state index in [-0.39, 0.29) is 5.82 Å². The van der Waals surface area contributed by atoms with Crippen LogP contribution in [0.15, 0.2) is 35.7 Å². The molecule has 0 unspecified atom stereocenters. The normalized spacial score (nSPS) is 10.7. The Balaban J connectivity index is 2.21. The fourth-order valence-corrected chi connectivity index (χ4v) is 2.86. The average molecular weight is 278 g/mol. The summed E-state index contributed by atoms with van der Waals surface area (Å²) in [6.45, 7) is 4.36. The summed E-state index contributed by atoms with van der Waals surface area (Å²) in [6, 6.07) is 9.37. The molecule has 1 heterocycles. The molecule has 0 aliphatic carbocycles. The van der Waals surface area contributed by atoms with E-state index in [1.54, 1.807) is 17.4 Å². The van der Waals surface area contributed by atoms with Gasteiger partial charge in [-0.15, -0.1) is 11.3 Å². The van der Waals surface area contributed by atoms with E-state index in [2.05, 4.69) is 11.4 Å². The first-order valence-electron chi connectivity index (χ1n) is 6.44. The molecule has 0 amide bonds. The standard InChI is InChI=1S/C15H19FN2S/c1-3-17-10-12-6-4-8-14(16)15(12)18(2)11-13-7-5-9-19-13/h4-9,17H,3,10-11H2,1-2H3. The number of benzene rings is 1. The molecule has 0 bridgehead atoms. The van der Waals surface area contributed by atoms with Crippen LogP contribution in [0.4, 0.5) is 10.1 Å². The number of hydrogen-bond acceptors (Lipinski definition) is 3. The van der Waals surface area contributed by atoms with Crippen LogP contribution in [0, 0.1) is 5.82 Å². The molecule has 19 heavy (non-hydrogen) atoms. The number of nitrogens with zero attached hydrogens (tertiary/aromatic N) is 1. The van der Waals surface area contributed by atoms with E-state index < -0.39 is 0 Å². The summed E-state index contributed by atoms with van der Waals surface area (Å²) in [4.78, 5) is 3.22. The summed E-state index contributed by atoms with van der Waals surface area (Å²) in [7, 11) is 1.94. The van der Waals surface area contributed by atoms with Crippen LogP contribution in [0.25, 0.3) is 0 Å². The minimum absolute atomic E-state index is 0.158. The lowest BCUT2D eigenvalue weighted by Crippen LogP contribution is -2.21. The van der Waals surface area contributed by atoms with Gasteiger partial charge in [-0.3, -0.25) is 0 Å². The van der Waals surface area contributed by atoms with Crippen LogP contribution >= 0.6 is 11.3 Å². The van der Waals surface area contributed by atoms with Gasteiger partial charge in [0.15, 0.2) is 0 Å². The van der Waals surface area contributed by atoms with Crippen LogP contribution in [0.1, 0.15) is 17.4 Å². The lowest BCUT2D eigenvalue weighted by Gasteiger charge is -2.22. The first kappa shape index (κ1) is 14.0. The zero-order valence-electron chi connectivity index (χ0n) is 11.3. The van der Waals surface area contributed by atoms with E-state index in [1.807, 2.05) is 36.4 Å². The van der Waals surface area contributed by atoms with Crippen molar-refractivity contribution in [1.29, 1.82) is 0 Å². The van der Waals surface area contributed by atoms with Gasteiger partial charge < -0.3 is 10.2 Å². The van der Waals surface area contributed by atoms with Gasteiger partial charge in [-0.2, -0.15) is 0 Å². The monoisotopic (exact) mass is 278 g/mol. The first-order valence-corrected chi connectivity index (χ1v) is 7.32. The molecule has 2 rings (SSSR count). The minimum atomic E-state index is -0.158. The lowest BCUT2D eigenvalue weighted by molar-refractivity contribution is 0.616. The van der Waals surface area contributed by atoms with Gasteiger partial charge >= 0.3 is 0 Å². The Labute approximate surface area is 117 Å². The third-order valence-corrected chi connectivity index (χ3v) is 3.85. The SMILES string of the molecule is CCNCc1cccc(F)c1N(C)Cc1cccs1. The van der Waals surface area contributed by atoms with Crippen LogP contribution in [0.5, 0.6) is 0 Å². The molecule has 4 heteroatoms. The van der Waals surface area contributed by atoms with E-state index >= 15 is 0 Å². The Morgan fingerprint density at radius 1 is 1.26 bits per heavy atom. The number of thiophene rings is 1. The maximum atomic E-state index is 14.1. The molecule has 0 atom stereocenters. The highest BCUT2D eigenvalue weighted by Gasteiger charge is 2.13. The van der Waals surface area contributed by atoms with Gasteiger partial charge in [0, 0.05) is 18.5 Å². The molecule has 0 saturated heterocycles. The molecule has 2 nitrogen and oxygen atoms in total. The zero-order valence-corrected chi connectivity index (χ0v) is 12.1. The quantitative estimate of drug-likeness (QED) is 0.868. The summed E-state index contributed by atoms with van der Waals surface area (Å²) < 4.78 is 14.1. The molecular formula is C15H19FN2S. The van der Waals surface area contributed by atoms with Crippen molar-refractivity contribution in [3.63, 3.8) is 0 Å². The second-order valence-electron chi connectivity index (χ2n) is 4.46. The second kappa shape index (κ2) is 6.68. The molecular weight excluding hydrogens is 259 g/mol. The predicted octanol–water partition coefficient (Wildman–Crippen LogP) is 3.63. The van der Waals surface area contributed by atoms with E-state index in [0.717, 1.165) is 18.7 Å². The molecule has 0 fully saturated rings. The van der Waals surface area contributed by atoms with Gasteiger partial charge in [0.05, 0.1) is 12.2 Å². The highest BCUT2D eigenvalue weighted by atomic mass is 32.1. The fraction of sp³-hybridized carbons (Fsp3) is 0.333. The summed E-state index contributed by atoms with van der Waals surface area (Å²) in [6.07, 6.45) is 0. The van der Waals surface area contributed by atoms with Gasteiger partial charge in [-0.25, -0.2) is 4.39 Å². The van der Waals surface area contributed by atoms with Crippen LogP contribution in [0.2, 0.25) is 0 Å². The summed E-state index contributed by atoms with van der Waals surface area (Å²) in [5.41, 5.74) is 1.69. The topological polar surface area (TPSA) is 15.3 Å².